The summed E-state index contributed by atoms with van der Waals surface area (Å²) in [6.45, 7) is 3.26. The number of hydrogen-bond acceptors (Lipinski definition) is 3. The highest BCUT2D eigenvalue weighted by atomic mass is 35.5. The molecule has 0 unspecified atom stereocenters. The van der Waals surface area contributed by atoms with Crippen molar-refractivity contribution < 1.29 is 0 Å². The molecule has 0 radical (unpaired) electrons. The standard InChI is InChI=1S/C11H16ClN5/c1-8-10(11(12)16(2)15-8)6-17-5-9(3-4-13)14-7-17/h5,7H,3-4,6,13H2,1-2H3. The van der Waals surface area contributed by atoms with Gasteiger partial charge >= 0.3 is 0 Å². The molecular formula is C11H16ClN5. The normalized spacial score (nSPS) is 11.1. The summed E-state index contributed by atoms with van der Waals surface area (Å²) in [6, 6.07) is 0. The fraction of sp³-hybridized carbons (Fsp3) is 0.455. The van der Waals surface area contributed by atoms with Crippen LogP contribution in [0.2, 0.25) is 5.15 Å². The number of nitrogens with zero attached hydrogens (tertiary/aromatic N) is 4. The second-order valence-electron chi connectivity index (χ2n) is 4.05. The van der Waals surface area contributed by atoms with Gasteiger partial charge in [0.2, 0.25) is 0 Å². The SMILES string of the molecule is Cc1nn(C)c(Cl)c1Cn1cnc(CCN)c1. The molecule has 0 bridgehead atoms. The lowest BCUT2D eigenvalue weighted by Crippen LogP contribution is -2.03. The van der Waals surface area contributed by atoms with Crippen molar-refractivity contribution >= 4 is 11.6 Å². The van der Waals surface area contributed by atoms with Gasteiger partial charge in [-0.25, -0.2) is 4.98 Å². The van der Waals surface area contributed by atoms with E-state index in [1.165, 1.54) is 0 Å². The number of aromatic nitrogens is 4. The second kappa shape index (κ2) is 4.89. The Balaban J connectivity index is 2.19. The molecule has 0 saturated heterocycles. The first-order chi connectivity index (χ1) is 8.11. The van der Waals surface area contributed by atoms with Gasteiger partial charge in [0.1, 0.15) is 5.15 Å². The summed E-state index contributed by atoms with van der Waals surface area (Å²) in [5, 5.41) is 4.96. The minimum atomic E-state index is 0.615. The van der Waals surface area contributed by atoms with E-state index in [-0.39, 0.29) is 0 Å². The summed E-state index contributed by atoms with van der Waals surface area (Å²) < 4.78 is 3.69. The Bertz CT molecular complexity index is 514. The molecule has 6 heteroatoms. The van der Waals surface area contributed by atoms with E-state index < -0.39 is 0 Å². The van der Waals surface area contributed by atoms with Crippen LogP contribution in [0.1, 0.15) is 17.0 Å². The van der Waals surface area contributed by atoms with Crippen LogP contribution in [0, 0.1) is 6.92 Å². The Kier molecular flexibility index (Phi) is 3.49. The van der Waals surface area contributed by atoms with Crippen molar-refractivity contribution in [2.24, 2.45) is 12.8 Å². The van der Waals surface area contributed by atoms with Crippen molar-refractivity contribution in [1.29, 1.82) is 0 Å². The Morgan fingerprint density at radius 3 is 2.82 bits per heavy atom. The highest BCUT2D eigenvalue weighted by Crippen LogP contribution is 2.19. The molecule has 0 saturated carbocycles. The van der Waals surface area contributed by atoms with Crippen LogP contribution in [0.15, 0.2) is 12.5 Å². The van der Waals surface area contributed by atoms with Crippen LogP contribution in [-0.2, 0) is 20.0 Å². The summed E-state index contributed by atoms with van der Waals surface area (Å²) in [5.41, 5.74) is 8.48. The lowest BCUT2D eigenvalue weighted by Gasteiger charge is -2.01. The van der Waals surface area contributed by atoms with Crippen LogP contribution in [-0.4, -0.2) is 25.9 Å². The Hall–Kier alpha value is -1.33. The number of hydrogen-bond donors (Lipinski definition) is 1. The highest BCUT2D eigenvalue weighted by molar-refractivity contribution is 6.30. The lowest BCUT2D eigenvalue weighted by molar-refractivity contribution is 0.756. The molecule has 2 N–H and O–H groups in total. The first kappa shape index (κ1) is 12.1. The second-order valence-corrected chi connectivity index (χ2v) is 4.41. The predicted molar refractivity (Wildman–Crippen MR) is 67.0 cm³/mol. The summed E-state index contributed by atoms with van der Waals surface area (Å²) >= 11 is 6.18. The molecule has 0 aliphatic heterocycles. The topological polar surface area (TPSA) is 61.7 Å². The van der Waals surface area contributed by atoms with Crippen molar-refractivity contribution in [1.82, 2.24) is 19.3 Å². The lowest BCUT2D eigenvalue weighted by atomic mass is 10.2. The minimum Gasteiger partial charge on any atom is -0.333 e. The maximum atomic E-state index is 6.18. The zero-order valence-electron chi connectivity index (χ0n) is 10.0. The molecule has 0 aliphatic carbocycles. The Morgan fingerprint density at radius 1 is 1.47 bits per heavy atom. The number of imidazole rings is 1. The van der Waals surface area contributed by atoms with E-state index in [2.05, 4.69) is 10.1 Å². The smallest absolute Gasteiger partial charge is 0.131 e. The molecule has 0 spiro atoms. The number of nitrogens with two attached hydrogens (primary N) is 1. The van der Waals surface area contributed by atoms with Crippen LogP contribution < -0.4 is 5.73 Å². The molecule has 0 atom stereocenters. The van der Waals surface area contributed by atoms with Crippen LogP contribution in [0.5, 0.6) is 0 Å². The quantitative estimate of drug-likeness (QED) is 0.889. The molecule has 2 heterocycles. The van der Waals surface area contributed by atoms with E-state index in [0.29, 0.717) is 18.2 Å². The van der Waals surface area contributed by atoms with E-state index in [4.69, 9.17) is 17.3 Å². The van der Waals surface area contributed by atoms with E-state index in [9.17, 15) is 0 Å². The fourth-order valence-corrected chi connectivity index (χ4v) is 2.04. The predicted octanol–water partition coefficient (Wildman–Crippen LogP) is 1.13. The third kappa shape index (κ3) is 2.50. The number of aryl methyl sites for hydroxylation is 2. The molecule has 0 aliphatic rings. The maximum Gasteiger partial charge on any atom is 0.131 e. The van der Waals surface area contributed by atoms with Crippen LogP contribution in [0.3, 0.4) is 0 Å². The summed E-state index contributed by atoms with van der Waals surface area (Å²) in [4.78, 5) is 4.28. The van der Waals surface area contributed by atoms with Gasteiger partial charge in [0, 0.05) is 25.2 Å². The minimum absolute atomic E-state index is 0.615. The Morgan fingerprint density at radius 2 is 2.24 bits per heavy atom. The zero-order valence-corrected chi connectivity index (χ0v) is 10.8. The molecule has 92 valence electrons. The van der Waals surface area contributed by atoms with Gasteiger partial charge < -0.3 is 10.3 Å². The molecule has 2 aromatic heterocycles. The molecule has 0 fully saturated rings. The maximum absolute atomic E-state index is 6.18. The van der Waals surface area contributed by atoms with Crippen molar-refractivity contribution in [3.05, 3.63) is 34.6 Å². The average Bonchev–Trinajstić information content (AvgIpc) is 2.81. The third-order valence-electron chi connectivity index (χ3n) is 2.70. The highest BCUT2D eigenvalue weighted by Gasteiger charge is 2.11. The van der Waals surface area contributed by atoms with Gasteiger partial charge in [0.25, 0.3) is 0 Å². The molecule has 5 nitrogen and oxygen atoms in total. The molecular weight excluding hydrogens is 238 g/mol. The largest absolute Gasteiger partial charge is 0.333 e. The molecule has 2 aromatic rings. The molecule has 0 aromatic carbocycles. The van der Waals surface area contributed by atoms with E-state index in [1.54, 1.807) is 11.0 Å². The molecule has 0 amide bonds. The van der Waals surface area contributed by atoms with Crippen LogP contribution in [0.4, 0.5) is 0 Å². The van der Waals surface area contributed by atoms with Crippen molar-refractivity contribution in [3.63, 3.8) is 0 Å². The summed E-state index contributed by atoms with van der Waals surface area (Å²) in [7, 11) is 1.84. The molecule has 2 rings (SSSR count). The molecule has 17 heavy (non-hydrogen) atoms. The van der Waals surface area contributed by atoms with Gasteiger partial charge in [-0.05, 0) is 13.5 Å². The van der Waals surface area contributed by atoms with Gasteiger partial charge in [0.15, 0.2) is 0 Å². The average molecular weight is 254 g/mol. The number of halogens is 1. The fourth-order valence-electron chi connectivity index (χ4n) is 1.81. The third-order valence-corrected chi connectivity index (χ3v) is 3.17. The Labute approximate surface area is 105 Å². The van der Waals surface area contributed by atoms with Crippen molar-refractivity contribution in [2.45, 2.75) is 19.9 Å². The first-order valence-corrected chi connectivity index (χ1v) is 5.88. The monoisotopic (exact) mass is 253 g/mol. The van der Waals surface area contributed by atoms with Gasteiger partial charge in [-0.1, -0.05) is 11.6 Å². The first-order valence-electron chi connectivity index (χ1n) is 5.50. The number of rotatable bonds is 4. The summed E-state index contributed by atoms with van der Waals surface area (Å²) in [6.07, 6.45) is 4.59. The summed E-state index contributed by atoms with van der Waals surface area (Å²) in [5.74, 6) is 0. The van der Waals surface area contributed by atoms with E-state index >= 15 is 0 Å². The van der Waals surface area contributed by atoms with E-state index in [0.717, 1.165) is 23.4 Å². The van der Waals surface area contributed by atoms with Gasteiger partial charge in [0.05, 0.1) is 24.3 Å². The van der Waals surface area contributed by atoms with Gasteiger partial charge in [-0.2, -0.15) is 5.10 Å². The van der Waals surface area contributed by atoms with Crippen molar-refractivity contribution in [2.75, 3.05) is 6.54 Å². The van der Waals surface area contributed by atoms with Crippen LogP contribution in [0.25, 0.3) is 0 Å². The van der Waals surface area contributed by atoms with Gasteiger partial charge in [-0.3, -0.25) is 4.68 Å². The van der Waals surface area contributed by atoms with Crippen molar-refractivity contribution in [3.8, 4) is 0 Å². The van der Waals surface area contributed by atoms with Gasteiger partial charge in [-0.15, -0.1) is 0 Å². The van der Waals surface area contributed by atoms with E-state index in [1.807, 2.05) is 24.7 Å². The zero-order chi connectivity index (χ0) is 12.4. The van der Waals surface area contributed by atoms with Crippen LogP contribution >= 0.6 is 11.6 Å².